The second-order valence-corrected chi connectivity index (χ2v) is 5.92. The largest absolute Gasteiger partial charge is 0.494 e. The summed E-state index contributed by atoms with van der Waals surface area (Å²) in [5.74, 6) is 0.717. The summed E-state index contributed by atoms with van der Waals surface area (Å²) >= 11 is 5.13. The minimum absolute atomic E-state index is 0.0882. The molecule has 1 aliphatic rings. The summed E-state index contributed by atoms with van der Waals surface area (Å²) in [4.78, 5) is 12.8. The van der Waals surface area contributed by atoms with E-state index in [2.05, 4.69) is 12.2 Å². The molecule has 0 saturated heterocycles. The van der Waals surface area contributed by atoms with Gasteiger partial charge in [-0.15, -0.1) is 0 Å². The first-order valence-corrected chi connectivity index (χ1v) is 7.83. The van der Waals surface area contributed by atoms with Crippen molar-refractivity contribution >= 4 is 28.8 Å². The van der Waals surface area contributed by atoms with E-state index in [9.17, 15) is 4.79 Å². The SMILES string of the molecule is CCCOc1ccc(NC(=O)C2(C(N)=S)CCCC2)cc1. The molecule has 5 heteroatoms. The van der Waals surface area contributed by atoms with Crippen molar-refractivity contribution in [2.75, 3.05) is 11.9 Å². The lowest BCUT2D eigenvalue weighted by molar-refractivity contribution is -0.122. The molecule has 1 aromatic carbocycles. The van der Waals surface area contributed by atoms with Crippen molar-refractivity contribution in [1.29, 1.82) is 0 Å². The molecule has 3 N–H and O–H groups in total. The van der Waals surface area contributed by atoms with Crippen molar-refractivity contribution < 1.29 is 9.53 Å². The Bertz CT molecular complexity index is 508. The van der Waals surface area contributed by atoms with Crippen LogP contribution in [0.5, 0.6) is 5.75 Å². The van der Waals surface area contributed by atoms with Gasteiger partial charge in [0.05, 0.1) is 17.0 Å². The molecule has 2 rings (SSSR count). The number of hydrogen-bond donors (Lipinski definition) is 2. The van der Waals surface area contributed by atoms with E-state index in [1.165, 1.54) is 0 Å². The number of amides is 1. The Morgan fingerprint density at radius 2 is 1.95 bits per heavy atom. The van der Waals surface area contributed by atoms with Crippen molar-refractivity contribution in [2.24, 2.45) is 11.1 Å². The van der Waals surface area contributed by atoms with Gasteiger partial charge < -0.3 is 15.8 Å². The van der Waals surface area contributed by atoms with E-state index in [4.69, 9.17) is 22.7 Å². The fraction of sp³-hybridized carbons (Fsp3) is 0.500. The van der Waals surface area contributed by atoms with Crippen LogP contribution in [-0.2, 0) is 4.79 Å². The van der Waals surface area contributed by atoms with Gasteiger partial charge in [-0.2, -0.15) is 0 Å². The highest BCUT2D eigenvalue weighted by molar-refractivity contribution is 7.80. The first-order valence-electron chi connectivity index (χ1n) is 7.43. The summed E-state index contributed by atoms with van der Waals surface area (Å²) in [6.07, 6.45) is 4.44. The number of rotatable bonds is 6. The number of ether oxygens (including phenoxy) is 1. The fourth-order valence-corrected chi connectivity index (χ4v) is 2.97. The Hall–Kier alpha value is -1.62. The van der Waals surface area contributed by atoms with Crippen molar-refractivity contribution in [1.82, 2.24) is 0 Å². The monoisotopic (exact) mass is 306 g/mol. The minimum Gasteiger partial charge on any atom is -0.494 e. The maximum Gasteiger partial charge on any atom is 0.237 e. The number of hydrogen-bond acceptors (Lipinski definition) is 3. The molecule has 114 valence electrons. The maximum atomic E-state index is 12.5. The third-order valence-corrected chi connectivity index (χ3v) is 4.34. The van der Waals surface area contributed by atoms with Crippen LogP contribution < -0.4 is 15.8 Å². The van der Waals surface area contributed by atoms with E-state index in [1.807, 2.05) is 24.3 Å². The van der Waals surface area contributed by atoms with Gasteiger partial charge in [-0.3, -0.25) is 4.79 Å². The number of anilines is 1. The molecule has 0 heterocycles. The van der Waals surface area contributed by atoms with E-state index in [1.54, 1.807) is 0 Å². The van der Waals surface area contributed by atoms with Crippen LogP contribution in [0.25, 0.3) is 0 Å². The average Bonchev–Trinajstić information content (AvgIpc) is 2.97. The zero-order valence-electron chi connectivity index (χ0n) is 12.4. The zero-order chi connectivity index (χ0) is 15.3. The highest BCUT2D eigenvalue weighted by Crippen LogP contribution is 2.39. The van der Waals surface area contributed by atoms with E-state index in [-0.39, 0.29) is 5.91 Å². The summed E-state index contributed by atoms with van der Waals surface area (Å²) in [7, 11) is 0. The van der Waals surface area contributed by atoms with E-state index in [0.717, 1.165) is 43.5 Å². The Labute approximate surface area is 131 Å². The van der Waals surface area contributed by atoms with Gasteiger partial charge in [-0.25, -0.2) is 0 Å². The van der Waals surface area contributed by atoms with E-state index in [0.29, 0.717) is 11.6 Å². The minimum atomic E-state index is -0.674. The highest BCUT2D eigenvalue weighted by Gasteiger charge is 2.43. The normalized spacial score (nSPS) is 16.4. The third-order valence-electron chi connectivity index (χ3n) is 3.95. The smallest absolute Gasteiger partial charge is 0.237 e. The van der Waals surface area contributed by atoms with E-state index < -0.39 is 5.41 Å². The molecule has 0 atom stereocenters. The van der Waals surface area contributed by atoms with Crippen molar-refractivity contribution in [2.45, 2.75) is 39.0 Å². The van der Waals surface area contributed by atoms with Gasteiger partial charge in [0, 0.05) is 5.69 Å². The molecule has 21 heavy (non-hydrogen) atoms. The molecule has 1 amide bonds. The number of benzene rings is 1. The van der Waals surface area contributed by atoms with Crippen LogP contribution in [0.2, 0.25) is 0 Å². The molecular weight excluding hydrogens is 284 g/mol. The Balaban J connectivity index is 2.03. The number of carbonyl (C=O) groups is 1. The van der Waals surface area contributed by atoms with Gasteiger partial charge in [-0.1, -0.05) is 32.0 Å². The summed E-state index contributed by atoms with van der Waals surface area (Å²) in [5, 5.41) is 2.93. The first kappa shape index (κ1) is 15.8. The fourth-order valence-electron chi connectivity index (χ4n) is 2.67. The topological polar surface area (TPSA) is 64.3 Å². The summed E-state index contributed by atoms with van der Waals surface area (Å²) in [6, 6.07) is 7.39. The molecule has 1 saturated carbocycles. The molecule has 0 bridgehead atoms. The van der Waals surface area contributed by atoms with Crippen LogP contribution in [0.15, 0.2) is 24.3 Å². The molecule has 1 aliphatic carbocycles. The molecule has 0 aromatic heterocycles. The van der Waals surface area contributed by atoms with Crippen LogP contribution >= 0.6 is 12.2 Å². The number of nitrogens with one attached hydrogen (secondary N) is 1. The maximum absolute atomic E-state index is 12.5. The molecule has 0 radical (unpaired) electrons. The lowest BCUT2D eigenvalue weighted by Gasteiger charge is -2.26. The molecule has 0 aliphatic heterocycles. The lowest BCUT2D eigenvalue weighted by Crippen LogP contribution is -2.43. The third kappa shape index (κ3) is 3.53. The molecule has 0 spiro atoms. The molecule has 4 nitrogen and oxygen atoms in total. The summed E-state index contributed by atoms with van der Waals surface area (Å²) < 4.78 is 5.52. The van der Waals surface area contributed by atoms with Crippen LogP contribution in [0.3, 0.4) is 0 Å². The second kappa shape index (κ2) is 6.89. The molecular formula is C16H22N2O2S. The van der Waals surface area contributed by atoms with Crippen LogP contribution in [0, 0.1) is 5.41 Å². The summed E-state index contributed by atoms with van der Waals surface area (Å²) in [6.45, 7) is 2.75. The van der Waals surface area contributed by atoms with Crippen molar-refractivity contribution in [3.8, 4) is 5.75 Å². The molecule has 0 unspecified atom stereocenters. The Morgan fingerprint density at radius 1 is 1.33 bits per heavy atom. The standard InChI is InChI=1S/C16H22N2O2S/c1-2-11-20-13-7-5-12(6-8-13)18-15(19)16(14(17)21)9-3-4-10-16/h5-8H,2-4,9-11H2,1H3,(H2,17,21)(H,18,19). The van der Waals surface area contributed by atoms with E-state index >= 15 is 0 Å². The number of nitrogens with two attached hydrogens (primary N) is 1. The van der Waals surface area contributed by atoms with Gasteiger partial charge in [0.15, 0.2) is 0 Å². The van der Waals surface area contributed by atoms with Gasteiger partial charge >= 0.3 is 0 Å². The number of thiocarbonyl (C=S) groups is 1. The summed E-state index contributed by atoms with van der Waals surface area (Å²) in [5.41, 5.74) is 5.88. The van der Waals surface area contributed by atoms with Gasteiger partial charge in [0.1, 0.15) is 5.75 Å². The van der Waals surface area contributed by atoms with Crippen LogP contribution in [0.1, 0.15) is 39.0 Å². The lowest BCUT2D eigenvalue weighted by atomic mass is 9.85. The predicted octanol–water partition coefficient (Wildman–Crippen LogP) is 3.26. The molecule has 1 fully saturated rings. The van der Waals surface area contributed by atoms with Gasteiger partial charge in [-0.05, 0) is 43.5 Å². The number of carbonyl (C=O) groups excluding carboxylic acids is 1. The zero-order valence-corrected chi connectivity index (χ0v) is 13.2. The van der Waals surface area contributed by atoms with Crippen LogP contribution in [-0.4, -0.2) is 17.5 Å². The molecule has 1 aromatic rings. The second-order valence-electron chi connectivity index (χ2n) is 5.48. The quantitative estimate of drug-likeness (QED) is 0.792. The first-order chi connectivity index (χ1) is 10.1. The Morgan fingerprint density at radius 3 is 2.48 bits per heavy atom. The Kier molecular flexibility index (Phi) is 5.17. The highest BCUT2D eigenvalue weighted by atomic mass is 32.1. The van der Waals surface area contributed by atoms with Crippen molar-refractivity contribution in [3.63, 3.8) is 0 Å². The van der Waals surface area contributed by atoms with Gasteiger partial charge in [0.25, 0.3) is 0 Å². The average molecular weight is 306 g/mol. The van der Waals surface area contributed by atoms with Crippen LogP contribution in [0.4, 0.5) is 5.69 Å². The van der Waals surface area contributed by atoms with Crippen molar-refractivity contribution in [3.05, 3.63) is 24.3 Å². The van der Waals surface area contributed by atoms with Gasteiger partial charge in [0.2, 0.25) is 5.91 Å². The predicted molar refractivity (Wildman–Crippen MR) is 88.5 cm³/mol.